The molecule has 1 heterocycles. The zero-order valence-electron chi connectivity index (χ0n) is 12.3. The first-order valence-corrected chi connectivity index (χ1v) is 8.77. The zero-order valence-corrected chi connectivity index (χ0v) is 13.8. The van der Waals surface area contributed by atoms with Crippen LogP contribution in [-0.2, 0) is 6.18 Å². The molecule has 1 N–H and O–H groups in total. The lowest BCUT2D eigenvalue weighted by molar-refractivity contribution is -0.139. The molecular weight excluding hydrogens is 335 g/mol. The van der Waals surface area contributed by atoms with E-state index in [2.05, 4.69) is 5.32 Å². The van der Waals surface area contributed by atoms with Crippen LogP contribution in [0.4, 0.5) is 13.2 Å². The standard InChI is InChI=1S/C15H19ClF3NOS/c1-2-22-9-13(10-6-7-20-8-10)21-12-5-3-4-11(16)14(12)15(17,18)19/h3-5,10,13,20H,2,6-9H2,1H3/t10?,13-/m0/s1. The SMILES string of the molecule is CCSC[C@H](Oc1cccc(Cl)c1C(F)(F)F)C1CCNC1. The van der Waals surface area contributed by atoms with Crippen LogP contribution >= 0.6 is 23.4 Å². The molecule has 1 aliphatic rings. The zero-order chi connectivity index (χ0) is 16.2. The lowest BCUT2D eigenvalue weighted by Crippen LogP contribution is -2.32. The van der Waals surface area contributed by atoms with Crippen LogP contribution in [0.3, 0.4) is 0 Å². The number of ether oxygens (including phenoxy) is 1. The van der Waals surface area contributed by atoms with Crippen molar-refractivity contribution in [3.8, 4) is 5.75 Å². The van der Waals surface area contributed by atoms with E-state index in [4.69, 9.17) is 16.3 Å². The summed E-state index contributed by atoms with van der Waals surface area (Å²) in [4.78, 5) is 0. The predicted octanol–water partition coefficient (Wildman–Crippen LogP) is 4.47. The van der Waals surface area contributed by atoms with E-state index in [0.29, 0.717) is 5.75 Å². The Morgan fingerprint density at radius 1 is 1.45 bits per heavy atom. The number of alkyl halides is 3. The minimum absolute atomic E-state index is 0.173. The van der Waals surface area contributed by atoms with Gasteiger partial charge in [-0.15, -0.1) is 0 Å². The molecule has 0 amide bonds. The fraction of sp³-hybridized carbons (Fsp3) is 0.600. The van der Waals surface area contributed by atoms with Crippen molar-refractivity contribution in [1.29, 1.82) is 0 Å². The van der Waals surface area contributed by atoms with Crippen molar-refractivity contribution < 1.29 is 17.9 Å². The van der Waals surface area contributed by atoms with E-state index in [-0.39, 0.29) is 22.8 Å². The smallest absolute Gasteiger partial charge is 0.421 e. The van der Waals surface area contributed by atoms with Crippen molar-refractivity contribution in [2.45, 2.75) is 25.6 Å². The van der Waals surface area contributed by atoms with Crippen LogP contribution in [0, 0.1) is 5.92 Å². The average Bonchev–Trinajstić information content (AvgIpc) is 2.96. The van der Waals surface area contributed by atoms with E-state index in [9.17, 15) is 13.2 Å². The van der Waals surface area contributed by atoms with Crippen LogP contribution in [0.5, 0.6) is 5.75 Å². The van der Waals surface area contributed by atoms with Crippen LogP contribution in [0.15, 0.2) is 18.2 Å². The van der Waals surface area contributed by atoms with Crippen LogP contribution in [0.25, 0.3) is 0 Å². The maximum atomic E-state index is 13.2. The average molecular weight is 354 g/mol. The van der Waals surface area contributed by atoms with Crippen molar-refractivity contribution in [2.75, 3.05) is 24.6 Å². The molecule has 2 nitrogen and oxygen atoms in total. The summed E-state index contributed by atoms with van der Waals surface area (Å²) in [7, 11) is 0. The summed E-state index contributed by atoms with van der Waals surface area (Å²) < 4.78 is 45.4. The number of halogens is 4. The van der Waals surface area contributed by atoms with Gasteiger partial charge in [0.2, 0.25) is 0 Å². The Hall–Kier alpha value is -0.590. The van der Waals surface area contributed by atoms with Gasteiger partial charge in [0.1, 0.15) is 17.4 Å². The van der Waals surface area contributed by atoms with Crippen molar-refractivity contribution in [3.05, 3.63) is 28.8 Å². The molecule has 1 aromatic carbocycles. The Bertz CT molecular complexity index is 492. The van der Waals surface area contributed by atoms with E-state index in [1.165, 1.54) is 18.2 Å². The molecule has 1 saturated heterocycles. The monoisotopic (exact) mass is 353 g/mol. The van der Waals surface area contributed by atoms with Gasteiger partial charge in [0.05, 0.1) is 5.02 Å². The lowest BCUT2D eigenvalue weighted by Gasteiger charge is -2.26. The number of rotatable bonds is 6. The molecule has 0 aliphatic carbocycles. The molecule has 1 aromatic rings. The molecule has 124 valence electrons. The Morgan fingerprint density at radius 2 is 2.23 bits per heavy atom. The van der Waals surface area contributed by atoms with Crippen molar-refractivity contribution in [3.63, 3.8) is 0 Å². The van der Waals surface area contributed by atoms with Gasteiger partial charge in [-0.2, -0.15) is 24.9 Å². The van der Waals surface area contributed by atoms with Crippen molar-refractivity contribution >= 4 is 23.4 Å². The molecule has 0 saturated carbocycles. The minimum atomic E-state index is -4.52. The van der Waals surface area contributed by atoms with Gasteiger partial charge in [-0.25, -0.2) is 0 Å². The second-order valence-electron chi connectivity index (χ2n) is 5.18. The summed E-state index contributed by atoms with van der Waals surface area (Å²) in [5.41, 5.74) is -0.880. The highest BCUT2D eigenvalue weighted by Crippen LogP contribution is 2.41. The number of nitrogens with one attached hydrogen (secondary N) is 1. The number of hydrogen-bond acceptors (Lipinski definition) is 3. The van der Waals surface area contributed by atoms with E-state index in [1.807, 2.05) is 6.92 Å². The molecule has 1 fully saturated rings. The molecule has 2 rings (SSSR count). The van der Waals surface area contributed by atoms with Crippen LogP contribution in [-0.4, -0.2) is 30.7 Å². The van der Waals surface area contributed by atoms with Gasteiger partial charge >= 0.3 is 6.18 Å². The van der Waals surface area contributed by atoms with Gasteiger partial charge in [-0.05, 0) is 30.9 Å². The predicted molar refractivity (Wildman–Crippen MR) is 84.8 cm³/mol. The maximum absolute atomic E-state index is 13.2. The Balaban J connectivity index is 2.23. The largest absolute Gasteiger partial charge is 0.489 e. The van der Waals surface area contributed by atoms with Gasteiger partial charge in [0, 0.05) is 18.2 Å². The minimum Gasteiger partial charge on any atom is -0.489 e. The van der Waals surface area contributed by atoms with E-state index in [0.717, 1.165) is 25.3 Å². The molecule has 0 bridgehead atoms. The third kappa shape index (κ3) is 4.46. The highest BCUT2D eigenvalue weighted by atomic mass is 35.5. The van der Waals surface area contributed by atoms with E-state index in [1.54, 1.807) is 11.8 Å². The molecule has 0 spiro atoms. The van der Waals surface area contributed by atoms with Crippen molar-refractivity contribution in [2.24, 2.45) is 5.92 Å². The number of thioether (sulfide) groups is 1. The first kappa shape index (κ1) is 17.8. The van der Waals surface area contributed by atoms with E-state index >= 15 is 0 Å². The second-order valence-corrected chi connectivity index (χ2v) is 6.91. The quantitative estimate of drug-likeness (QED) is 0.815. The summed E-state index contributed by atoms with van der Waals surface area (Å²) in [6.45, 7) is 3.68. The molecule has 22 heavy (non-hydrogen) atoms. The van der Waals surface area contributed by atoms with Gasteiger partial charge in [-0.1, -0.05) is 24.6 Å². The molecule has 1 aliphatic heterocycles. The molecular formula is C15H19ClF3NOS. The maximum Gasteiger partial charge on any atom is 0.421 e. The summed E-state index contributed by atoms with van der Waals surface area (Å²) in [5.74, 6) is 1.63. The molecule has 7 heteroatoms. The third-order valence-electron chi connectivity index (χ3n) is 3.65. The van der Waals surface area contributed by atoms with Crippen LogP contribution < -0.4 is 10.1 Å². The normalized spacial score (nSPS) is 20.1. The highest BCUT2D eigenvalue weighted by molar-refractivity contribution is 7.99. The fourth-order valence-corrected chi connectivity index (χ4v) is 3.62. The Morgan fingerprint density at radius 3 is 2.82 bits per heavy atom. The van der Waals surface area contributed by atoms with Gasteiger partial charge in [0.15, 0.2) is 0 Å². The van der Waals surface area contributed by atoms with Gasteiger partial charge in [-0.3, -0.25) is 0 Å². The lowest BCUT2D eigenvalue weighted by atomic mass is 10.0. The first-order chi connectivity index (χ1) is 10.4. The van der Waals surface area contributed by atoms with E-state index < -0.39 is 11.7 Å². The molecule has 0 aromatic heterocycles. The summed E-state index contributed by atoms with van der Waals surface area (Å²) >= 11 is 7.42. The van der Waals surface area contributed by atoms with Gasteiger partial charge < -0.3 is 10.1 Å². The fourth-order valence-electron chi connectivity index (χ4n) is 2.54. The highest BCUT2D eigenvalue weighted by Gasteiger charge is 2.38. The molecule has 2 atom stereocenters. The number of benzene rings is 1. The Labute approximate surface area is 137 Å². The topological polar surface area (TPSA) is 21.3 Å². The molecule has 0 radical (unpaired) electrons. The van der Waals surface area contributed by atoms with Crippen LogP contribution in [0.1, 0.15) is 18.9 Å². The summed E-state index contributed by atoms with van der Waals surface area (Å²) in [5, 5.41) is 2.91. The second kappa shape index (κ2) is 7.79. The van der Waals surface area contributed by atoms with Gasteiger partial charge in [0.25, 0.3) is 0 Å². The third-order valence-corrected chi connectivity index (χ3v) is 4.94. The summed E-state index contributed by atoms with van der Waals surface area (Å²) in [6, 6.07) is 4.08. The molecule has 1 unspecified atom stereocenters. The van der Waals surface area contributed by atoms with Crippen LogP contribution in [0.2, 0.25) is 5.02 Å². The summed E-state index contributed by atoms with van der Waals surface area (Å²) in [6.07, 6.45) is -3.86. The van der Waals surface area contributed by atoms with Crippen molar-refractivity contribution in [1.82, 2.24) is 5.32 Å². The number of hydrogen-bond donors (Lipinski definition) is 1. The first-order valence-electron chi connectivity index (χ1n) is 7.24. The Kier molecular flexibility index (Phi) is 6.29.